The quantitative estimate of drug-likeness (QED) is 0.543. The maximum atomic E-state index is 13.0. The van der Waals surface area contributed by atoms with Crippen LogP contribution in [0.1, 0.15) is 23.6 Å². The summed E-state index contributed by atoms with van der Waals surface area (Å²) in [4.78, 5) is 49.4. The third-order valence-electron chi connectivity index (χ3n) is 5.05. The van der Waals surface area contributed by atoms with E-state index in [1.807, 2.05) is 19.1 Å². The molecule has 3 rings (SSSR count). The van der Waals surface area contributed by atoms with Gasteiger partial charge in [-0.2, -0.15) is 0 Å². The summed E-state index contributed by atoms with van der Waals surface area (Å²) < 4.78 is 5.17. The Morgan fingerprint density at radius 2 is 1.81 bits per heavy atom. The van der Waals surface area contributed by atoms with Crippen molar-refractivity contribution in [3.05, 3.63) is 65.2 Å². The van der Waals surface area contributed by atoms with Gasteiger partial charge in [-0.05, 0) is 42.7 Å². The number of nitrogens with one attached hydrogen (secondary N) is 2. The highest BCUT2D eigenvalue weighted by Crippen LogP contribution is 2.30. The lowest BCUT2D eigenvalue weighted by atomic mass is 9.88. The van der Waals surface area contributed by atoms with Crippen molar-refractivity contribution in [1.82, 2.24) is 15.5 Å². The Labute approximate surface area is 179 Å². The van der Waals surface area contributed by atoms with Crippen molar-refractivity contribution < 1.29 is 23.9 Å². The van der Waals surface area contributed by atoms with Crippen molar-refractivity contribution in [3.63, 3.8) is 0 Å². The van der Waals surface area contributed by atoms with Crippen molar-refractivity contribution in [2.75, 3.05) is 13.2 Å². The van der Waals surface area contributed by atoms with Gasteiger partial charge in [0.25, 0.3) is 11.8 Å². The summed E-state index contributed by atoms with van der Waals surface area (Å²) in [5.41, 5.74) is 6.15. The third-order valence-corrected chi connectivity index (χ3v) is 5.05. The summed E-state index contributed by atoms with van der Waals surface area (Å²) in [6, 6.07) is 13.4. The molecule has 0 aromatic heterocycles. The first-order valence-corrected chi connectivity index (χ1v) is 9.67. The standard InChI is InChI=1S/C22H24N4O5/c1-14-5-3-4-6-17(14)22(2)20(29)26(21(30)25-22)12-19(28)24-11-15-7-9-16(10-8-15)31-13-18(23)27/h3-10H,11-13H2,1-2H3,(H2,23,27)(H,24,28)(H,25,30). The van der Waals surface area contributed by atoms with Crippen molar-refractivity contribution in [2.45, 2.75) is 25.9 Å². The van der Waals surface area contributed by atoms with E-state index in [1.165, 1.54) is 0 Å². The van der Waals surface area contributed by atoms with Crippen molar-refractivity contribution in [1.29, 1.82) is 0 Å². The Morgan fingerprint density at radius 1 is 1.13 bits per heavy atom. The van der Waals surface area contributed by atoms with Gasteiger partial charge in [0.1, 0.15) is 17.8 Å². The Hall–Kier alpha value is -3.88. The normalized spacial score (nSPS) is 17.9. The number of carbonyl (C=O) groups excluding carboxylic acids is 4. The minimum absolute atomic E-state index is 0.202. The van der Waals surface area contributed by atoms with E-state index < -0.39 is 29.3 Å². The van der Waals surface area contributed by atoms with Gasteiger partial charge in [-0.25, -0.2) is 4.79 Å². The molecule has 5 amide bonds. The SMILES string of the molecule is Cc1ccccc1C1(C)NC(=O)N(CC(=O)NCc2ccc(OCC(N)=O)cc2)C1=O. The molecule has 2 aromatic rings. The van der Waals surface area contributed by atoms with E-state index in [1.54, 1.807) is 43.3 Å². The number of hydrogen-bond donors (Lipinski definition) is 3. The Kier molecular flexibility index (Phi) is 6.24. The largest absolute Gasteiger partial charge is 0.484 e. The minimum atomic E-state index is -1.22. The van der Waals surface area contributed by atoms with E-state index >= 15 is 0 Å². The van der Waals surface area contributed by atoms with E-state index in [-0.39, 0.29) is 19.7 Å². The van der Waals surface area contributed by atoms with Gasteiger partial charge in [0.2, 0.25) is 5.91 Å². The summed E-state index contributed by atoms with van der Waals surface area (Å²) in [7, 11) is 0. The zero-order valence-corrected chi connectivity index (χ0v) is 17.3. The van der Waals surface area contributed by atoms with Crippen LogP contribution < -0.4 is 21.1 Å². The van der Waals surface area contributed by atoms with Crippen LogP contribution in [-0.2, 0) is 26.5 Å². The second-order valence-corrected chi connectivity index (χ2v) is 7.44. The molecule has 0 aliphatic carbocycles. The number of nitrogens with two attached hydrogens (primary N) is 1. The lowest BCUT2D eigenvalue weighted by Gasteiger charge is -2.24. The van der Waals surface area contributed by atoms with Crippen LogP contribution in [0.4, 0.5) is 4.79 Å². The number of carbonyl (C=O) groups is 4. The highest BCUT2D eigenvalue weighted by molar-refractivity contribution is 6.09. The second-order valence-electron chi connectivity index (χ2n) is 7.44. The fourth-order valence-electron chi connectivity index (χ4n) is 3.42. The molecule has 0 radical (unpaired) electrons. The number of aryl methyl sites for hydroxylation is 1. The van der Waals surface area contributed by atoms with Crippen LogP contribution in [0.25, 0.3) is 0 Å². The maximum absolute atomic E-state index is 13.0. The molecule has 1 fully saturated rings. The van der Waals surface area contributed by atoms with Crippen LogP contribution >= 0.6 is 0 Å². The topological polar surface area (TPSA) is 131 Å². The summed E-state index contributed by atoms with van der Waals surface area (Å²) in [5, 5.41) is 5.39. The number of imide groups is 1. The number of urea groups is 1. The average molecular weight is 424 g/mol. The first-order valence-electron chi connectivity index (χ1n) is 9.67. The molecule has 0 spiro atoms. The van der Waals surface area contributed by atoms with E-state index in [0.717, 1.165) is 16.0 Å². The van der Waals surface area contributed by atoms with Crippen molar-refractivity contribution >= 4 is 23.8 Å². The molecule has 4 N–H and O–H groups in total. The maximum Gasteiger partial charge on any atom is 0.325 e. The van der Waals surface area contributed by atoms with Gasteiger partial charge >= 0.3 is 6.03 Å². The van der Waals surface area contributed by atoms with Crippen LogP contribution in [-0.4, -0.2) is 41.8 Å². The van der Waals surface area contributed by atoms with Crippen LogP contribution in [0, 0.1) is 6.92 Å². The molecule has 2 aromatic carbocycles. The highest BCUT2D eigenvalue weighted by atomic mass is 16.5. The third kappa shape index (κ3) is 4.82. The lowest BCUT2D eigenvalue weighted by Crippen LogP contribution is -2.43. The molecule has 1 saturated heterocycles. The van der Waals surface area contributed by atoms with E-state index in [4.69, 9.17) is 10.5 Å². The molecule has 0 bridgehead atoms. The first kappa shape index (κ1) is 21.8. The molecule has 162 valence electrons. The van der Waals surface area contributed by atoms with E-state index in [0.29, 0.717) is 11.3 Å². The van der Waals surface area contributed by atoms with Gasteiger partial charge in [-0.15, -0.1) is 0 Å². The molecule has 1 heterocycles. The molecule has 9 nitrogen and oxygen atoms in total. The van der Waals surface area contributed by atoms with Crippen molar-refractivity contribution in [2.24, 2.45) is 5.73 Å². The Bertz CT molecular complexity index is 1020. The molecule has 1 atom stereocenters. The second kappa shape index (κ2) is 8.86. The van der Waals surface area contributed by atoms with Gasteiger partial charge < -0.3 is 21.1 Å². The number of amides is 5. The number of benzene rings is 2. The molecule has 1 unspecified atom stereocenters. The number of primary amides is 1. The summed E-state index contributed by atoms with van der Waals surface area (Å²) in [5.74, 6) is -1.04. The number of ether oxygens (including phenoxy) is 1. The molecule has 1 aliphatic heterocycles. The highest BCUT2D eigenvalue weighted by Gasteiger charge is 2.49. The Morgan fingerprint density at radius 3 is 2.45 bits per heavy atom. The zero-order chi connectivity index (χ0) is 22.6. The smallest absolute Gasteiger partial charge is 0.325 e. The first-order chi connectivity index (χ1) is 14.7. The minimum Gasteiger partial charge on any atom is -0.484 e. The van der Waals surface area contributed by atoms with Gasteiger partial charge in [0.05, 0.1) is 0 Å². The van der Waals surface area contributed by atoms with Gasteiger partial charge in [0, 0.05) is 6.54 Å². The zero-order valence-electron chi connectivity index (χ0n) is 17.3. The lowest BCUT2D eigenvalue weighted by molar-refractivity contribution is -0.134. The van der Waals surface area contributed by atoms with Gasteiger partial charge in [-0.3, -0.25) is 19.3 Å². The molecular weight excluding hydrogens is 400 g/mol. The van der Waals surface area contributed by atoms with Crippen LogP contribution in [0.2, 0.25) is 0 Å². The molecule has 9 heteroatoms. The molecular formula is C22H24N4O5. The van der Waals surface area contributed by atoms with Crippen LogP contribution in [0.3, 0.4) is 0 Å². The molecule has 31 heavy (non-hydrogen) atoms. The van der Waals surface area contributed by atoms with Crippen molar-refractivity contribution in [3.8, 4) is 5.75 Å². The summed E-state index contributed by atoms with van der Waals surface area (Å²) >= 11 is 0. The predicted octanol–water partition coefficient (Wildman–Crippen LogP) is 0.943. The van der Waals surface area contributed by atoms with Crippen LogP contribution in [0.15, 0.2) is 48.5 Å². The van der Waals surface area contributed by atoms with Crippen LogP contribution in [0.5, 0.6) is 5.75 Å². The number of nitrogens with zero attached hydrogens (tertiary/aromatic N) is 1. The van der Waals surface area contributed by atoms with Gasteiger partial charge in [-0.1, -0.05) is 36.4 Å². The molecule has 0 saturated carbocycles. The summed E-state index contributed by atoms with van der Waals surface area (Å²) in [6.45, 7) is 3.10. The monoisotopic (exact) mass is 424 g/mol. The fourth-order valence-corrected chi connectivity index (χ4v) is 3.42. The Balaban J connectivity index is 1.58. The number of rotatable bonds is 8. The van der Waals surface area contributed by atoms with Gasteiger partial charge in [0.15, 0.2) is 6.61 Å². The fraction of sp³-hybridized carbons (Fsp3) is 0.273. The van der Waals surface area contributed by atoms with E-state index in [9.17, 15) is 19.2 Å². The summed E-state index contributed by atoms with van der Waals surface area (Å²) in [6.07, 6.45) is 0. The predicted molar refractivity (Wildman–Crippen MR) is 112 cm³/mol. The molecule has 1 aliphatic rings. The average Bonchev–Trinajstić information content (AvgIpc) is 2.95. The number of hydrogen-bond acceptors (Lipinski definition) is 5. The van der Waals surface area contributed by atoms with E-state index in [2.05, 4.69) is 10.6 Å².